The molecular formula is C17H26O4. The van der Waals surface area contributed by atoms with Crippen LogP contribution in [-0.2, 0) is 16.0 Å². The maximum Gasteiger partial charge on any atom is 0.308 e. The summed E-state index contributed by atoms with van der Waals surface area (Å²) in [4.78, 5) is 11.6. The molecule has 118 valence electrons. The van der Waals surface area contributed by atoms with Crippen LogP contribution in [0.2, 0.25) is 0 Å². The average Bonchev–Trinajstić information content (AvgIpc) is 2.35. The summed E-state index contributed by atoms with van der Waals surface area (Å²) < 4.78 is 5.14. The van der Waals surface area contributed by atoms with Crippen molar-refractivity contribution in [1.82, 2.24) is 0 Å². The normalized spacial score (nSPS) is 14.5. The van der Waals surface area contributed by atoms with E-state index in [1.807, 2.05) is 30.3 Å². The van der Waals surface area contributed by atoms with Crippen LogP contribution in [0.4, 0.5) is 0 Å². The Bertz CT molecular complexity index is 422. The van der Waals surface area contributed by atoms with Crippen LogP contribution < -0.4 is 0 Å². The highest BCUT2D eigenvalue weighted by molar-refractivity contribution is 5.70. The van der Waals surface area contributed by atoms with Crippen molar-refractivity contribution in [1.29, 1.82) is 0 Å². The molecule has 4 nitrogen and oxygen atoms in total. The van der Waals surface area contributed by atoms with Gasteiger partial charge in [0.25, 0.3) is 0 Å². The monoisotopic (exact) mass is 294 g/mol. The Labute approximate surface area is 126 Å². The second-order valence-corrected chi connectivity index (χ2v) is 6.36. The summed E-state index contributed by atoms with van der Waals surface area (Å²) in [5.41, 5.74) is 0.598. The summed E-state index contributed by atoms with van der Waals surface area (Å²) in [5, 5.41) is 19.7. The first kappa shape index (κ1) is 17.7. The van der Waals surface area contributed by atoms with Gasteiger partial charge in [0.2, 0.25) is 0 Å². The second kappa shape index (κ2) is 8.15. The summed E-state index contributed by atoms with van der Waals surface area (Å²) in [6, 6.07) is 9.87. The summed E-state index contributed by atoms with van der Waals surface area (Å²) in [6.45, 7) is 5.35. The molecule has 1 aromatic carbocycles. The van der Waals surface area contributed by atoms with Gasteiger partial charge in [-0.25, -0.2) is 0 Å². The Kier molecular flexibility index (Phi) is 6.85. The number of ether oxygens (including phenoxy) is 1. The van der Waals surface area contributed by atoms with Crippen molar-refractivity contribution in [3.63, 3.8) is 0 Å². The van der Waals surface area contributed by atoms with Crippen molar-refractivity contribution in [2.75, 3.05) is 0 Å². The second-order valence-electron chi connectivity index (χ2n) is 6.36. The minimum atomic E-state index is -0.870. The summed E-state index contributed by atoms with van der Waals surface area (Å²) in [6.07, 6.45) is -0.0734. The van der Waals surface area contributed by atoms with Crippen LogP contribution in [0.25, 0.3) is 0 Å². The first-order valence-corrected chi connectivity index (χ1v) is 7.38. The number of esters is 1. The highest BCUT2D eigenvalue weighted by Gasteiger charge is 2.21. The van der Waals surface area contributed by atoms with E-state index in [2.05, 4.69) is 0 Å². The van der Waals surface area contributed by atoms with Gasteiger partial charge in [-0.2, -0.15) is 0 Å². The lowest BCUT2D eigenvalue weighted by molar-refractivity contribution is -0.157. The van der Waals surface area contributed by atoms with Gasteiger partial charge < -0.3 is 14.9 Å². The third-order valence-corrected chi connectivity index (χ3v) is 2.98. The van der Waals surface area contributed by atoms with E-state index in [-0.39, 0.29) is 12.8 Å². The molecule has 1 rings (SSSR count). The molecule has 0 bridgehead atoms. The number of aryl methyl sites for hydroxylation is 1. The van der Waals surface area contributed by atoms with Crippen LogP contribution in [0.3, 0.4) is 0 Å². The molecule has 0 saturated heterocycles. The van der Waals surface area contributed by atoms with Crippen molar-refractivity contribution in [2.24, 2.45) is 0 Å². The summed E-state index contributed by atoms with van der Waals surface area (Å²) in [5.74, 6) is -0.440. The third kappa shape index (κ3) is 8.48. The molecule has 1 aromatic rings. The first-order chi connectivity index (χ1) is 9.76. The Morgan fingerprint density at radius 2 is 1.76 bits per heavy atom. The van der Waals surface area contributed by atoms with Gasteiger partial charge in [-0.1, -0.05) is 30.3 Å². The van der Waals surface area contributed by atoms with E-state index >= 15 is 0 Å². The molecule has 0 aliphatic carbocycles. The lowest BCUT2D eigenvalue weighted by Crippen LogP contribution is -2.28. The zero-order chi connectivity index (χ0) is 15.9. The molecule has 0 amide bonds. The number of carbonyl (C=O) groups is 1. The molecule has 0 aliphatic rings. The van der Waals surface area contributed by atoms with Crippen LogP contribution in [0.15, 0.2) is 30.3 Å². The zero-order valence-electron chi connectivity index (χ0n) is 13.1. The average molecular weight is 294 g/mol. The summed E-state index contributed by atoms with van der Waals surface area (Å²) in [7, 11) is 0. The van der Waals surface area contributed by atoms with Crippen molar-refractivity contribution in [3.8, 4) is 0 Å². The molecule has 0 saturated carbocycles. The highest BCUT2D eigenvalue weighted by atomic mass is 16.6. The molecular weight excluding hydrogens is 268 g/mol. The summed E-state index contributed by atoms with van der Waals surface area (Å²) >= 11 is 0. The highest BCUT2D eigenvalue weighted by Crippen LogP contribution is 2.13. The lowest BCUT2D eigenvalue weighted by Gasteiger charge is -2.21. The van der Waals surface area contributed by atoms with E-state index in [1.165, 1.54) is 0 Å². The molecule has 0 unspecified atom stereocenters. The number of carbonyl (C=O) groups excluding carboxylic acids is 1. The predicted octanol–water partition coefficient (Wildman–Crippen LogP) is 2.46. The standard InChI is InChI=1S/C17H26O4/c1-17(2,3)21-16(20)12-15(19)11-14(18)10-9-13-7-5-4-6-8-13/h4-8,14-15,18-19H,9-12H2,1-3H3/t14-,15-/m1/s1. The maximum absolute atomic E-state index is 11.6. The Morgan fingerprint density at radius 3 is 2.33 bits per heavy atom. The number of rotatable bonds is 7. The van der Waals surface area contributed by atoms with Crippen LogP contribution in [0, 0.1) is 0 Å². The van der Waals surface area contributed by atoms with Gasteiger partial charge in [0.1, 0.15) is 5.60 Å². The van der Waals surface area contributed by atoms with Crippen molar-refractivity contribution >= 4 is 5.97 Å². The first-order valence-electron chi connectivity index (χ1n) is 7.38. The van der Waals surface area contributed by atoms with Crippen LogP contribution >= 0.6 is 0 Å². The molecule has 0 aromatic heterocycles. The molecule has 0 heterocycles. The largest absolute Gasteiger partial charge is 0.460 e. The zero-order valence-corrected chi connectivity index (χ0v) is 13.1. The molecule has 0 aliphatic heterocycles. The number of hydrogen-bond acceptors (Lipinski definition) is 4. The van der Waals surface area contributed by atoms with Crippen molar-refractivity contribution in [3.05, 3.63) is 35.9 Å². The lowest BCUT2D eigenvalue weighted by atomic mass is 10.0. The van der Waals surface area contributed by atoms with Crippen LogP contribution in [-0.4, -0.2) is 34.0 Å². The fourth-order valence-corrected chi connectivity index (χ4v) is 2.07. The number of aliphatic hydroxyl groups excluding tert-OH is 2. The van der Waals surface area contributed by atoms with E-state index in [1.54, 1.807) is 20.8 Å². The molecule has 21 heavy (non-hydrogen) atoms. The number of aliphatic hydroxyl groups is 2. The quantitative estimate of drug-likeness (QED) is 0.758. The molecule has 0 fully saturated rings. The Hall–Kier alpha value is -1.39. The van der Waals surface area contributed by atoms with E-state index in [4.69, 9.17) is 4.74 Å². The van der Waals surface area contributed by atoms with Crippen LogP contribution in [0.1, 0.15) is 45.6 Å². The van der Waals surface area contributed by atoms with E-state index in [0.717, 1.165) is 12.0 Å². The van der Waals surface area contributed by atoms with E-state index in [9.17, 15) is 15.0 Å². The number of benzene rings is 1. The Morgan fingerprint density at radius 1 is 1.14 bits per heavy atom. The van der Waals surface area contributed by atoms with Gasteiger partial charge in [0, 0.05) is 0 Å². The van der Waals surface area contributed by atoms with Gasteiger partial charge in [-0.05, 0) is 45.6 Å². The van der Waals surface area contributed by atoms with Crippen LogP contribution in [0.5, 0.6) is 0 Å². The minimum Gasteiger partial charge on any atom is -0.460 e. The van der Waals surface area contributed by atoms with E-state index in [0.29, 0.717) is 6.42 Å². The smallest absolute Gasteiger partial charge is 0.308 e. The minimum absolute atomic E-state index is 0.0837. The van der Waals surface area contributed by atoms with Gasteiger partial charge in [-0.3, -0.25) is 4.79 Å². The van der Waals surface area contributed by atoms with Gasteiger partial charge in [0.05, 0.1) is 18.6 Å². The molecule has 2 N–H and O–H groups in total. The fraction of sp³-hybridized carbons (Fsp3) is 0.588. The molecule has 2 atom stereocenters. The van der Waals surface area contributed by atoms with Crippen molar-refractivity contribution < 1.29 is 19.7 Å². The van der Waals surface area contributed by atoms with Gasteiger partial charge in [0.15, 0.2) is 0 Å². The third-order valence-electron chi connectivity index (χ3n) is 2.98. The fourth-order valence-electron chi connectivity index (χ4n) is 2.07. The maximum atomic E-state index is 11.6. The molecule has 4 heteroatoms. The number of hydrogen-bond donors (Lipinski definition) is 2. The Balaban J connectivity index is 2.27. The molecule has 0 radical (unpaired) electrons. The van der Waals surface area contributed by atoms with Gasteiger partial charge >= 0.3 is 5.97 Å². The topological polar surface area (TPSA) is 66.8 Å². The van der Waals surface area contributed by atoms with Gasteiger partial charge in [-0.15, -0.1) is 0 Å². The van der Waals surface area contributed by atoms with E-state index < -0.39 is 23.8 Å². The molecule has 0 spiro atoms. The predicted molar refractivity (Wildman–Crippen MR) is 81.9 cm³/mol. The van der Waals surface area contributed by atoms with Crippen molar-refractivity contribution in [2.45, 2.75) is 64.3 Å². The SMILES string of the molecule is CC(C)(C)OC(=O)C[C@H](O)C[C@H](O)CCc1ccccc1.